The van der Waals surface area contributed by atoms with Crippen molar-refractivity contribution in [3.63, 3.8) is 0 Å². The van der Waals surface area contributed by atoms with Gasteiger partial charge in [0.1, 0.15) is 12.1 Å². The maximum absolute atomic E-state index is 12.7. The van der Waals surface area contributed by atoms with Gasteiger partial charge in [-0.3, -0.25) is 0 Å². The normalized spacial score (nSPS) is 13.7. The number of carbonyl (C=O) groups excluding carboxylic acids is 1. The Morgan fingerprint density at radius 3 is 2.21 bits per heavy atom. The third-order valence-corrected chi connectivity index (χ3v) is 2.79. The molecule has 2 heteroatoms. The van der Waals surface area contributed by atoms with Crippen molar-refractivity contribution in [1.82, 2.24) is 0 Å². The van der Waals surface area contributed by atoms with E-state index in [1.165, 1.54) is 12.1 Å². The van der Waals surface area contributed by atoms with Crippen molar-refractivity contribution in [2.75, 3.05) is 0 Å². The largest absolute Gasteiger partial charge is 0.303 e. The molecule has 0 heterocycles. The summed E-state index contributed by atoms with van der Waals surface area (Å²) >= 11 is 0. The average Bonchev–Trinajstić information content (AvgIpc) is 2.18. The monoisotopic (exact) mass is 194 g/mol. The minimum Gasteiger partial charge on any atom is -0.303 e. The van der Waals surface area contributed by atoms with E-state index >= 15 is 0 Å². The first-order valence-electron chi connectivity index (χ1n) is 4.69. The molecule has 0 aliphatic rings. The summed E-state index contributed by atoms with van der Waals surface area (Å²) in [5.74, 6) is -0.148. The molecule has 1 rings (SSSR count). The zero-order valence-electron chi connectivity index (χ0n) is 8.75. The molecule has 0 N–H and O–H groups in total. The molecule has 0 spiro atoms. The average molecular weight is 194 g/mol. The Morgan fingerprint density at radius 1 is 1.29 bits per heavy atom. The second kappa shape index (κ2) is 3.91. The van der Waals surface area contributed by atoms with Gasteiger partial charge in [-0.15, -0.1) is 0 Å². The molecule has 0 aliphatic carbocycles. The lowest BCUT2D eigenvalue weighted by Gasteiger charge is -2.25. The summed E-state index contributed by atoms with van der Waals surface area (Å²) in [7, 11) is 0. The number of halogens is 1. The fourth-order valence-corrected chi connectivity index (χ4v) is 1.28. The molecule has 0 fully saturated rings. The highest BCUT2D eigenvalue weighted by Gasteiger charge is 2.26. The third-order valence-electron chi connectivity index (χ3n) is 2.79. The van der Waals surface area contributed by atoms with Crippen LogP contribution >= 0.6 is 0 Å². The van der Waals surface area contributed by atoms with E-state index in [2.05, 4.69) is 0 Å². The highest BCUT2D eigenvalue weighted by Crippen LogP contribution is 2.32. The second-order valence-corrected chi connectivity index (χ2v) is 4.21. The van der Waals surface area contributed by atoms with Crippen molar-refractivity contribution in [3.05, 3.63) is 35.6 Å². The first-order valence-corrected chi connectivity index (χ1v) is 4.69. The predicted molar refractivity (Wildman–Crippen MR) is 54.7 cm³/mol. The molecule has 0 saturated carbocycles. The van der Waals surface area contributed by atoms with Gasteiger partial charge in [0, 0.05) is 5.41 Å². The molecule has 0 radical (unpaired) electrons. The second-order valence-electron chi connectivity index (χ2n) is 4.21. The summed E-state index contributed by atoms with van der Waals surface area (Å²) in [6, 6.07) is 6.30. The van der Waals surface area contributed by atoms with Crippen molar-refractivity contribution in [1.29, 1.82) is 0 Å². The van der Waals surface area contributed by atoms with Crippen molar-refractivity contribution < 1.29 is 9.18 Å². The lowest BCUT2D eigenvalue weighted by atomic mass is 9.77. The molecular weight excluding hydrogens is 179 g/mol. The zero-order valence-corrected chi connectivity index (χ0v) is 8.75. The van der Waals surface area contributed by atoms with Crippen LogP contribution in [0.1, 0.15) is 32.3 Å². The van der Waals surface area contributed by atoms with Gasteiger partial charge in [-0.2, -0.15) is 0 Å². The number of rotatable bonds is 3. The summed E-state index contributed by atoms with van der Waals surface area (Å²) in [5, 5.41) is 0. The molecule has 1 aromatic carbocycles. The van der Waals surface area contributed by atoms with Gasteiger partial charge >= 0.3 is 0 Å². The fraction of sp³-hybridized carbons (Fsp3) is 0.417. The molecule has 0 bridgehead atoms. The van der Waals surface area contributed by atoms with Crippen molar-refractivity contribution in [2.24, 2.45) is 5.41 Å². The van der Waals surface area contributed by atoms with E-state index in [9.17, 15) is 9.18 Å². The number of hydrogen-bond acceptors (Lipinski definition) is 1. The van der Waals surface area contributed by atoms with Gasteiger partial charge in [0.15, 0.2) is 0 Å². The minimum atomic E-state index is -0.405. The zero-order chi connectivity index (χ0) is 10.8. The number of aldehydes is 1. The highest BCUT2D eigenvalue weighted by atomic mass is 19.1. The maximum Gasteiger partial charge on any atom is 0.126 e. The molecule has 1 nitrogen and oxygen atoms in total. The van der Waals surface area contributed by atoms with E-state index in [-0.39, 0.29) is 11.7 Å². The molecule has 1 unspecified atom stereocenters. The van der Waals surface area contributed by atoms with Crippen molar-refractivity contribution >= 4 is 6.29 Å². The Labute approximate surface area is 83.9 Å². The van der Waals surface area contributed by atoms with E-state index in [0.29, 0.717) is 0 Å². The van der Waals surface area contributed by atoms with Crippen LogP contribution in [0.4, 0.5) is 4.39 Å². The van der Waals surface area contributed by atoms with E-state index in [1.807, 2.05) is 20.8 Å². The molecule has 14 heavy (non-hydrogen) atoms. The van der Waals surface area contributed by atoms with Gasteiger partial charge in [0.25, 0.3) is 0 Å². The standard InChI is InChI=1S/C12H15FO/c1-9(12(2,3)8-14)10-4-6-11(13)7-5-10/h4-9H,1-3H3. The van der Waals surface area contributed by atoms with Crippen LogP contribution in [-0.2, 0) is 4.79 Å². The Balaban J connectivity index is 2.95. The van der Waals surface area contributed by atoms with Crippen LogP contribution in [0.25, 0.3) is 0 Å². The fourth-order valence-electron chi connectivity index (χ4n) is 1.28. The van der Waals surface area contributed by atoms with Gasteiger partial charge in [-0.05, 0) is 23.6 Å². The van der Waals surface area contributed by atoms with Crippen LogP contribution in [0.5, 0.6) is 0 Å². The minimum absolute atomic E-state index is 0.0978. The van der Waals surface area contributed by atoms with Crippen molar-refractivity contribution in [2.45, 2.75) is 26.7 Å². The summed E-state index contributed by atoms with van der Waals surface area (Å²) < 4.78 is 12.7. The van der Waals surface area contributed by atoms with Gasteiger partial charge < -0.3 is 4.79 Å². The van der Waals surface area contributed by atoms with Crippen LogP contribution in [0.15, 0.2) is 24.3 Å². The van der Waals surface area contributed by atoms with Crippen LogP contribution in [-0.4, -0.2) is 6.29 Å². The summed E-state index contributed by atoms with van der Waals surface area (Å²) in [5.41, 5.74) is 0.584. The topological polar surface area (TPSA) is 17.1 Å². The number of hydrogen-bond donors (Lipinski definition) is 0. The van der Waals surface area contributed by atoms with E-state index in [4.69, 9.17) is 0 Å². The third kappa shape index (κ3) is 2.19. The predicted octanol–water partition coefficient (Wildman–Crippen LogP) is 3.15. The van der Waals surface area contributed by atoms with Crippen molar-refractivity contribution in [3.8, 4) is 0 Å². The smallest absolute Gasteiger partial charge is 0.126 e. The Bertz CT molecular complexity index is 314. The lowest BCUT2D eigenvalue weighted by molar-refractivity contribution is -0.115. The molecule has 1 aromatic rings. The maximum atomic E-state index is 12.7. The quantitative estimate of drug-likeness (QED) is 0.675. The molecule has 1 atom stereocenters. The highest BCUT2D eigenvalue weighted by molar-refractivity contribution is 5.60. The molecule has 0 aromatic heterocycles. The summed E-state index contributed by atoms with van der Waals surface area (Å²) in [6.07, 6.45) is 0.945. The SMILES string of the molecule is CC(c1ccc(F)cc1)C(C)(C)C=O. The van der Waals surface area contributed by atoms with E-state index in [1.54, 1.807) is 12.1 Å². The molecular formula is C12H15FO. The first-order chi connectivity index (χ1) is 6.47. The molecule has 0 aliphatic heterocycles. The van der Waals surface area contributed by atoms with Crippen LogP contribution < -0.4 is 0 Å². The van der Waals surface area contributed by atoms with E-state index < -0.39 is 5.41 Å². The van der Waals surface area contributed by atoms with Crippen LogP contribution in [0.3, 0.4) is 0 Å². The van der Waals surface area contributed by atoms with Gasteiger partial charge in [0.2, 0.25) is 0 Å². The molecule has 76 valence electrons. The van der Waals surface area contributed by atoms with Gasteiger partial charge in [-0.1, -0.05) is 32.9 Å². The molecule has 0 amide bonds. The first kappa shape index (κ1) is 10.9. The van der Waals surface area contributed by atoms with E-state index in [0.717, 1.165) is 11.8 Å². The summed E-state index contributed by atoms with van der Waals surface area (Å²) in [6.45, 7) is 5.74. The summed E-state index contributed by atoms with van der Waals surface area (Å²) in [4.78, 5) is 10.8. The van der Waals surface area contributed by atoms with Gasteiger partial charge in [0.05, 0.1) is 0 Å². The molecule has 0 saturated heterocycles. The van der Waals surface area contributed by atoms with Gasteiger partial charge in [-0.25, -0.2) is 4.39 Å². The Morgan fingerprint density at radius 2 is 1.79 bits per heavy atom. The Kier molecular flexibility index (Phi) is 3.04. The van der Waals surface area contributed by atoms with Crippen LogP contribution in [0, 0.1) is 11.2 Å². The number of carbonyl (C=O) groups is 1. The number of benzene rings is 1. The lowest BCUT2D eigenvalue weighted by Crippen LogP contribution is -2.21. The van der Waals surface area contributed by atoms with Crippen LogP contribution in [0.2, 0.25) is 0 Å². The Hall–Kier alpha value is -1.18.